The number of pyridine rings is 1. The average Bonchev–Trinajstić information content (AvgIpc) is 2.75. The van der Waals surface area contributed by atoms with Crippen LogP contribution < -0.4 is 4.90 Å². The topological polar surface area (TPSA) is 66.0 Å². The van der Waals surface area contributed by atoms with Crippen molar-refractivity contribution in [3.05, 3.63) is 24.5 Å². The Morgan fingerprint density at radius 1 is 1.07 bits per heavy atom. The largest absolute Gasteiger partial charge is 0.469 e. The molecule has 1 aromatic heterocycles. The minimum absolute atomic E-state index is 0.128. The van der Waals surface area contributed by atoms with E-state index in [0.717, 1.165) is 65.0 Å². The summed E-state index contributed by atoms with van der Waals surface area (Å²) in [5.41, 5.74) is 1.20. The Morgan fingerprint density at radius 2 is 1.75 bits per heavy atom. The number of carbonyl (C=O) groups excluding carboxylic acids is 2. The van der Waals surface area contributed by atoms with E-state index in [1.807, 2.05) is 29.4 Å². The Labute approximate surface area is 167 Å². The molecule has 2 fully saturated rings. The first-order valence-corrected chi connectivity index (χ1v) is 10.4. The molecule has 3 heterocycles. The lowest BCUT2D eigenvalue weighted by atomic mass is 9.91. The zero-order valence-corrected chi connectivity index (χ0v) is 16.9. The third kappa shape index (κ3) is 5.92. The van der Waals surface area contributed by atoms with Gasteiger partial charge in [0.05, 0.1) is 13.7 Å². The monoisotopic (exact) mass is 388 g/mol. The highest BCUT2D eigenvalue weighted by molar-refractivity contribution is 5.78. The van der Waals surface area contributed by atoms with Gasteiger partial charge in [-0.25, -0.2) is 0 Å². The predicted octanol–water partition coefficient (Wildman–Crippen LogP) is 1.79. The molecule has 28 heavy (non-hydrogen) atoms. The molecule has 7 nitrogen and oxygen atoms in total. The lowest BCUT2D eigenvalue weighted by Crippen LogP contribution is -2.51. The van der Waals surface area contributed by atoms with Gasteiger partial charge in [0.15, 0.2) is 0 Å². The fourth-order valence-electron chi connectivity index (χ4n) is 4.12. The van der Waals surface area contributed by atoms with Crippen molar-refractivity contribution >= 4 is 17.6 Å². The molecular weight excluding hydrogens is 356 g/mol. The van der Waals surface area contributed by atoms with Gasteiger partial charge in [0.2, 0.25) is 5.91 Å². The molecule has 0 atom stereocenters. The second-order valence-corrected chi connectivity index (χ2v) is 7.76. The van der Waals surface area contributed by atoms with Crippen LogP contribution in [-0.4, -0.2) is 79.6 Å². The molecule has 0 bridgehead atoms. The highest BCUT2D eigenvalue weighted by atomic mass is 16.5. The van der Waals surface area contributed by atoms with Crippen LogP contribution in [0.3, 0.4) is 0 Å². The number of amides is 1. The van der Waals surface area contributed by atoms with Crippen LogP contribution in [-0.2, 0) is 14.3 Å². The standard InChI is InChI=1S/C21H32N4O3/c1-28-21(27)4-2-3-18-7-11-25(12-8-18)20(26)17-23-13-15-24(16-14-23)19-5-9-22-10-6-19/h5-6,9-10,18H,2-4,7-8,11-17H2,1H3. The maximum absolute atomic E-state index is 12.7. The van der Waals surface area contributed by atoms with E-state index in [-0.39, 0.29) is 11.9 Å². The van der Waals surface area contributed by atoms with Gasteiger partial charge in [-0.3, -0.25) is 19.5 Å². The molecule has 3 rings (SSSR count). The molecule has 0 aliphatic carbocycles. The van der Waals surface area contributed by atoms with E-state index in [1.165, 1.54) is 12.8 Å². The number of carbonyl (C=O) groups is 2. The third-order valence-corrected chi connectivity index (χ3v) is 5.95. The molecule has 0 saturated carbocycles. The van der Waals surface area contributed by atoms with Crippen molar-refractivity contribution in [3.8, 4) is 0 Å². The van der Waals surface area contributed by atoms with Crippen LogP contribution in [0.2, 0.25) is 0 Å². The molecule has 7 heteroatoms. The third-order valence-electron chi connectivity index (χ3n) is 5.95. The van der Waals surface area contributed by atoms with Crippen LogP contribution in [0.5, 0.6) is 0 Å². The number of ether oxygens (including phenoxy) is 1. The van der Waals surface area contributed by atoms with Crippen LogP contribution in [0, 0.1) is 5.92 Å². The molecule has 2 saturated heterocycles. The first-order chi connectivity index (χ1) is 13.7. The summed E-state index contributed by atoms with van der Waals surface area (Å²) >= 11 is 0. The number of likely N-dealkylation sites (tertiary alicyclic amines) is 1. The van der Waals surface area contributed by atoms with Gasteiger partial charge in [-0.05, 0) is 43.7 Å². The lowest BCUT2D eigenvalue weighted by Gasteiger charge is -2.37. The number of aromatic nitrogens is 1. The van der Waals surface area contributed by atoms with E-state index in [1.54, 1.807) is 0 Å². The highest BCUT2D eigenvalue weighted by Gasteiger charge is 2.25. The summed E-state index contributed by atoms with van der Waals surface area (Å²) in [5.74, 6) is 0.750. The summed E-state index contributed by atoms with van der Waals surface area (Å²) in [6.45, 7) is 5.93. The van der Waals surface area contributed by atoms with Gasteiger partial charge in [-0.1, -0.05) is 0 Å². The second-order valence-electron chi connectivity index (χ2n) is 7.76. The van der Waals surface area contributed by atoms with E-state index in [9.17, 15) is 9.59 Å². The number of piperazine rings is 1. The fraction of sp³-hybridized carbons (Fsp3) is 0.667. The molecule has 0 N–H and O–H groups in total. The van der Waals surface area contributed by atoms with Gasteiger partial charge >= 0.3 is 5.97 Å². The Morgan fingerprint density at radius 3 is 2.39 bits per heavy atom. The Hall–Kier alpha value is -2.15. The zero-order valence-electron chi connectivity index (χ0n) is 16.9. The quantitative estimate of drug-likeness (QED) is 0.664. The van der Waals surface area contributed by atoms with Crippen molar-refractivity contribution in [2.75, 3.05) is 57.8 Å². The molecule has 0 spiro atoms. The summed E-state index contributed by atoms with van der Waals surface area (Å²) in [5, 5.41) is 0. The summed E-state index contributed by atoms with van der Waals surface area (Å²) in [4.78, 5) is 34.6. The molecule has 154 valence electrons. The van der Waals surface area contributed by atoms with Gasteiger partial charge in [0.25, 0.3) is 0 Å². The Balaban J connectivity index is 1.33. The molecule has 1 aromatic rings. The van der Waals surface area contributed by atoms with Crippen molar-refractivity contribution < 1.29 is 14.3 Å². The number of nitrogens with zero attached hydrogens (tertiary/aromatic N) is 4. The van der Waals surface area contributed by atoms with Gasteiger partial charge in [0, 0.05) is 63.8 Å². The highest BCUT2D eigenvalue weighted by Crippen LogP contribution is 2.23. The van der Waals surface area contributed by atoms with E-state index in [0.29, 0.717) is 18.9 Å². The van der Waals surface area contributed by atoms with Gasteiger partial charge in [-0.2, -0.15) is 0 Å². The van der Waals surface area contributed by atoms with E-state index in [2.05, 4.69) is 19.5 Å². The SMILES string of the molecule is COC(=O)CCCC1CCN(C(=O)CN2CCN(c3ccncc3)CC2)CC1. The smallest absolute Gasteiger partial charge is 0.305 e. The van der Waals surface area contributed by atoms with Crippen LogP contribution in [0.4, 0.5) is 5.69 Å². The molecule has 1 amide bonds. The normalized spacial score (nSPS) is 18.9. The zero-order chi connectivity index (χ0) is 19.8. The van der Waals surface area contributed by atoms with E-state index < -0.39 is 0 Å². The first-order valence-electron chi connectivity index (χ1n) is 10.4. The van der Waals surface area contributed by atoms with Crippen molar-refractivity contribution in [2.45, 2.75) is 32.1 Å². The summed E-state index contributed by atoms with van der Waals surface area (Å²) < 4.78 is 4.69. The van der Waals surface area contributed by atoms with Gasteiger partial charge < -0.3 is 14.5 Å². The molecule has 0 unspecified atom stereocenters. The van der Waals surface area contributed by atoms with Crippen molar-refractivity contribution in [3.63, 3.8) is 0 Å². The number of esters is 1. The summed E-state index contributed by atoms with van der Waals surface area (Å²) in [6.07, 6.45) is 8.17. The van der Waals surface area contributed by atoms with Crippen LogP contribution >= 0.6 is 0 Å². The fourth-order valence-corrected chi connectivity index (χ4v) is 4.12. The summed E-state index contributed by atoms with van der Waals surface area (Å²) in [6, 6.07) is 4.08. The number of hydrogen-bond donors (Lipinski definition) is 0. The molecule has 0 radical (unpaired) electrons. The first kappa shape index (κ1) is 20.6. The van der Waals surface area contributed by atoms with Crippen LogP contribution in [0.15, 0.2) is 24.5 Å². The lowest BCUT2D eigenvalue weighted by molar-refractivity contribution is -0.140. The number of anilines is 1. The minimum atomic E-state index is -0.128. The van der Waals surface area contributed by atoms with Crippen molar-refractivity contribution in [2.24, 2.45) is 5.92 Å². The maximum atomic E-state index is 12.7. The van der Waals surface area contributed by atoms with E-state index >= 15 is 0 Å². The number of methoxy groups -OCH3 is 1. The Bertz CT molecular complexity index is 624. The number of piperidine rings is 1. The Kier molecular flexibility index (Phi) is 7.65. The minimum Gasteiger partial charge on any atom is -0.469 e. The van der Waals surface area contributed by atoms with Gasteiger partial charge in [-0.15, -0.1) is 0 Å². The average molecular weight is 389 g/mol. The number of hydrogen-bond acceptors (Lipinski definition) is 6. The molecule has 0 aromatic carbocycles. The predicted molar refractivity (Wildman–Crippen MR) is 108 cm³/mol. The number of rotatable bonds is 7. The maximum Gasteiger partial charge on any atom is 0.305 e. The van der Waals surface area contributed by atoms with Crippen molar-refractivity contribution in [1.82, 2.24) is 14.8 Å². The summed E-state index contributed by atoms with van der Waals surface area (Å²) in [7, 11) is 1.44. The van der Waals surface area contributed by atoms with Gasteiger partial charge in [0.1, 0.15) is 0 Å². The van der Waals surface area contributed by atoms with Crippen molar-refractivity contribution in [1.29, 1.82) is 0 Å². The molecule has 2 aliphatic rings. The molecular formula is C21H32N4O3. The molecule has 2 aliphatic heterocycles. The van der Waals surface area contributed by atoms with E-state index in [4.69, 9.17) is 0 Å². The van der Waals surface area contributed by atoms with Crippen LogP contribution in [0.25, 0.3) is 0 Å². The second kappa shape index (κ2) is 10.4. The van der Waals surface area contributed by atoms with Crippen LogP contribution in [0.1, 0.15) is 32.1 Å².